The monoisotopic (exact) mass is 269 g/mol. The third-order valence-electron chi connectivity index (χ3n) is 3.78. The minimum absolute atomic E-state index is 0.213. The van der Waals surface area contributed by atoms with Crippen molar-refractivity contribution in [2.45, 2.75) is 39.2 Å². The van der Waals surface area contributed by atoms with Crippen molar-refractivity contribution in [2.75, 3.05) is 5.73 Å². The Bertz CT molecular complexity index is 653. The highest BCUT2D eigenvalue weighted by atomic mass is 16.1. The van der Waals surface area contributed by atoms with Gasteiger partial charge in [-0.25, -0.2) is 0 Å². The second-order valence-corrected chi connectivity index (χ2v) is 5.61. The Morgan fingerprint density at radius 3 is 2.55 bits per heavy atom. The fourth-order valence-electron chi connectivity index (χ4n) is 2.81. The van der Waals surface area contributed by atoms with Gasteiger partial charge in [-0.05, 0) is 38.8 Å². The summed E-state index contributed by atoms with van der Waals surface area (Å²) in [6, 6.07) is 7.83. The number of anilines is 1. The number of Topliss-reactive ketones (excluding diaryl/α,β-unsaturated/α-hetero) is 1. The number of fused-ring (bicyclic) bond motifs is 1. The Balaban J connectivity index is 2.20. The highest BCUT2D eigenvalue weighted by molar-refractivity contribution is 6.03. The Morgan fingerprint density at radius 1 is 1.20 bits per heavy atom. The zero-order chi connectivity index (χ0) is 14.3. The van der Waals surface area contributed by atoms with Crippen LogP contribution in [0.25, 0.3) is 11.3 Å². The van der Waals surface area contributed by atoms with Gasteiger partial charge >= 0.3 is 0 Å². The van der Waals surface area contributed by atoms with Crippen molar-refractivity contribution in [3.63, 3.8) is 0 Å². The molecule has 0 amide bonds. The topological polar surface area (TPSA) is 60.9 Å². The van der Waals surface area contributed by atoms with Crippen molar-refractivity contribution >= 4 is 11.5 Å². The van der Waals surface area contributed by atoms with Crippen LogP contribution in [0, 0.1) is 0 Å². The van der Waals surface area contributed by atoms with Gasteiger partial charge in [0, 0.05) is 23.7 Å². The molecule has 4 heteroatoms. The van der Waals surface area contributed by atoms with Crippen LogP contribution < -0.4 is 5.73 Å². The maximum absolute atomic E-state index is 12.3. The van der Waals surface area contributed by atoms with Gasteiger partial charge in [-0.2, -0.15) is 5.10 Å². The van der Waals surface area contributed by atoms with E-state index in [1.165, 1.54) is 0 Å². The van der Waals surface area contributed by atoms with Gasteiger partial charge in [0.05, 0.1) is 11.3 Å². The number of nitrogens with zero attached hydrogens (tertiary/aromatic N) is 2. The lowest BCUT2D eigenvalue weighted by atomic mass is 9.92. The predicted octanol–water partition coefficient (Wildman–Crippen LogP) is 3.23. The number of carbonyl (C=O) groups excluding carboxylic acids is 1. The van der Waals surface area contributed by atoms with E-state index in [0.29, 0.717) is 6.42 Å². The lowest BCUT2D eigenvalue weighted by Gasteiger charge is -2.15. The van der Waals surface area contributed by atoms with Gasteiger partial charge in [0.1, 0.15) is 5.69 Å². The van der Waals surface area contributed by atoms with Gasteiger partial charge in [-0.1, -0.05) is 12.1 Å². The lowest BCUT2D eigenvalue weighted by molar-refractivity contribution is 0.0972. The molecular formula is C16H19N3O. The van der Waals surface area contributed by atoms with Crippen LogP contribution in [0.15, 0.2) is 24.3 Å². The van der Waals surface area contributed by atoms with Crippen LogP contribution in [0.4, 0.5) is 5.69 Å². The second kappa shape index (κ2) is 4.78. The van der Waals surface area contributed by atoms with E-state index in [2.05, 4.69) is 13.8 Å². The first-order chi connectivity index (χ1) is 9.58. The summed E-state index contributed by atoms with van der Waals surface area (Å²) in [6.07, 6.45) is 2.48. The zero-order valence-electron chi connectivity index (χ0n) is 11.9. The van der Waals surface area contributed by atoms with Gasteiger partial charge in [-0.3, -0.25) is 9.48 Å². The molecule has 0 fully saturated rings. The molecule has 1 aliphatic rings. The molecule has 104 valence electrons. The molecule has 1 aromatic heterocycles. The SMILES string of the molecule is CC(C)n1nc(-c2ccc(N)cc2)c2c1CCCC2=O. The number of rotatable bonds is 2. The number of nitrogen functional groups attached to an aromatic ring is 1. The van der Waals surface area contributed by atoms with Crippen LogP contribution in [0.1, 0.15) is 48.8 Å². The molecule has 0 aliphatic heterocycles. The van der Waals surface area contributed by atoms with Crippen molar-refractivity contribution in [3.8, 4) is 11.3 Å². The maximum atomic E-state index is 12.3. The van der Waals surface area contributed by atoms with Crippen LogP contribution in [0.2, 0.25) is 0 Å². The average molecular weight is 269 g/mol. The van der Waals surface area contributed by atoms with Crippen LogP contribution in [0.3, 0.4) is 0 Å². The molecule has 4 nitrogen and oxygen atoms in total. The van der Waals surface area contributed by atoms with E-state index >= 15 is 0 Å². The number of hydrogen-bond donors (Lipinski definition) is 1. The molecule has 0 bridgehead atoms. The third-order valence-corrected chi connectivity index (χ3v) is 3.78. The molecule has 0 atom stereocenters. The summed E-state index contributed by atoms with van der Waals surface area (Å²) in [5.74, 6) is 0.213. The minimum atomic E-state index is 0.213. The van der Waals surface area contributed by atoms with Crippen molar-refractivity contribution in [1.82, 2.24) is 9.78 Å². The van der Waals surface area contributed by atoms with Crippen molar-refractivity contribution in [3.05, 3.63) is 35.5 Å². The van der Waals surface area contributed by atoms with E-state index in [4.69, 9.17) is 10.8 Å². The second-order valence-electron chi connectivity index (χ2n) is 5.61. The Labute approximate surface area is 118 Å². The number of hydrogen-bond acceptors (Lipinski definition) is 3. The molecule has 0 saturated heterocycles. The Kier molecular flexibility index (Phi) is 3.08. The number of aromatic nitrogens is 2. The Morgan fingerprint density at radius 2 is 1.90 bits per heavy atom. The fraction of sp³-hybridized carbons (Fsp3) is 0.375. The van der Waals surface area contributed by atoms with E-state index in [-0.39, 0.29) is 11.8 Å². The van der Waals surface area contributed by atoms with Gasteiger partial charge in [0.15, 0.2) is 5.78 Å². The van der Waals surface area contributed by atoms with E-state index in [1.807, 2.05) is 28.9 Å². The summed E-state index contributed by atoms with van der Waals surface area (Å²) in [5.41, 5.74) is 10.1. The summed E-state index contributed by atoms with van der Waals surface area (Å²) in [4.78, 5) is 12.3. The van der Waals surface area contributed by atoms with E-state index in [1.54, 1.807) is 0 Å². The van der Waals surface area contributed by atoms with Crippen molar-refractivity contribution in [2.24, 2.45) is 0 Å². The molecule has 1 aromatic carbocycles. The molecule has 3 rings (SSSR count). The van der Waals surface area contributed by atoms with E-state index < -0.39 is 0 Å². The first-order valence-electron chi connectivity index (χ1n) is 7.08. The lowest BCUT2D eigenvalue weighted by Crippen LogP contribution is -2.15. The molecule has 1 aliphatic carbocycles. The fourth-order valence-corrected chi connectivity index (χ4v) is 2.81. The third kappa shape index (κ3) is 2.01. The minimum Gasteiger partial charge on any atom is -0.399 e. The van der Waals surface area contributed by atoms with Gasteiger partial charge in [0.2, 0.25) is 0 Å². The molecule has 0 saturated carbocycles. The van der Waals surface area contributed by atoms with Gasteiger partial charge in [0.25, 0.3) is 0 Å². The predicted molar refractivity (Wildman–Crippen MR) is 79.7 cm³/mol. The van der Waals surface area contributed by atoms with Gasteiger partial charge in [-0.15, -0.1) is 0 Å². The smallest absolute Gasteiger partial charge is 0.166 e. The van der Waals surface area contributed by atoms with E-state index in [0.717, 1.165) is 41.0 Å². The number of carbonyl (C=O) groups is 1. The highest BCUT2D eigenvalue weighted by Crippen LogP contribution is 2.32. The van der Waals surface area contributed by atoms with Crippen LogP contribution in [-0.4, -0.2) is 15.6 Å². The summed E-state index contributed by atoms with van der Waals surface area (Å²) in [5, 5.41) is 4.70. The Hall–Kier alpha value is -2.10. The number of nitrogens with two attached hydrogens (primary N) is 1. The standard InChI is InChI=1S/C16H19N3O/c1-10(2)19-13-4-3-5-14(20)15(13)16(18-19)11-6-8-12(17)9-7-11/h6-10H,3-5,17H2,1-2H3. The van der Waals surface area contributed by atoms with E-state index in [9.17, 15) is 4.79 Å². The first-order valence-corrected chi connectivity index (χ1v) is 7.08. The normalized spacial score (nSPS) is 14.7. The van der Waals surface area contributed by atoms with Crippen molar-refractivity contribution < 1.29 is 4.79 Å². The first kappa shape index (κ1) is 12.9. The van der Waals surface area contributed by atoms with Crippen LogP contribution in [0.5, 0.6) is 0 Å². The molecule has 20 heavy (non-hydrogen) atoms. The molecule has 0 unspecified atom stereocenters. The molecule has 2 aromatic rings. The largest absolute Gasteiger partial charge is 0.399 e. The van der Waals surface area contributed by atoms with Gasteiger partial charge < -0.3 is 5.73 Å². The summed E-state index contributed by atoms with van der Waals surface area (Å²) in [7, 11) is 0. The number of ketones is 1. The summed E-state index contributed by atoms with van der Waals surface area (Å²) < 4.78 is 2.00. The van der Waals surface area contributed by atoms with Crippen molar-refractivity contribution in [1.29, 1.82) is 0 Å². The molecule has 0 radical (unpaired) electrons. The quantitative estimate of drug-likeness (QED) is 0.851. The summed E-state index contributed by atoms with van der Waals surface area (Å²) in [6.45, 7) is 4.19. The molecular weight excluding hydrogens is 250 g/mol. The zero-order valence-corrected chi connectivity index (χ0v) is 11.9. The molecule has 1 heterocycles. The molecule has 2 N–H and O–H groups in total. The average Bonchev–Trinajstić information content (AvgIpc) is 2.81. The highest BCUT2D eigenvalue weighted by Gasteiger charge is 2.28. The maximum Gasteiger partial charge on any atom is 0.166 e. The van der Waals surface area contributed by atoms with Crippen LogP contribution >= 0.6 is 0 Å². The summed E-state index contributed by atoms with van der Waals surface area (Å²) >= 11 is 0. The number of benzene rings is 1. The van der Waals surface area contributed by atoms with Crippen LogP contribution in [-0.2, 0) is 6.42 Å². The molecule has 0 spiro atoms.